The van der Waals surface area contributed by atoms with Crippen LogP contribution in [0.4, 0.5) is 0 Å². The van der Waals surface area contributed by atoms with Gasteiger partial charge in [0.05, 0.1) is 90.0 Å². The minimum Gasteiger partial charge on any atom is -0.248 e. The van der Waals surface area contributed by atoms with E-state index in [1.807, 2.05) is 188 Å². The van der Waals surface area contributed by atoms with Gasteiger partial charge >= 0.3 is 0 Å². The van der Waals surface area contributed by atoms with E-state index in [9.17, 15) is 0 Å². The Hall–Kier alpha value is -19.6. The van der Waals surface area contributed by atoms with Gasteiger partial charge in [0.15, 0.2) is 23.3 Å². The standard InChI is InChI=1S/C47H31N3.C46H30N4.C39H25N5/c1-5-13-32(14-6-1)39-29-43(35-17-9-3-10-18-35)48-44(30-39)37-23-21-33(22-24-37)41-31-45(36-19-11-4-12-20-36)50-47-40(41)27-25-38-26-28-42(49-46(38)47)34-15-7-2-8-16-34;1-5-13-32(14-6-1)40-28-26-36-25-27-38-39(29-41(33-15-7-2-8-16-33)48-45(38)44(36)47-40)31-21-23-35(24-22-31)43-30-42(34-17-9-3-10-18-34)49-46(50-43)37-19-11-4-12-20-37;1-5-13-26(14-6-1)33-24-22-28-21-23-31-32(25-34(27-15-7-2-8-16-27)41-36(31)35(28)40-33)39-43-37(29-17-9-3-10-18-29)42-38(44-39)30-19-11-4-12-20-30/h1-31H;1-30H;1-25H. The van der Waals surface area contributed by atoms with Gasteiger partial charge in [0.25, 0.3) is 0 Å². The monoisotopic (exact) mass is 1840 g/mol. The predicted octanol–water partition coefficient (Wildman–Crippen LogP) is 33.1. The van der Waals surface area contributed by atoms with Crippen LogP contribution in [0, 0.1) is 0 Å². The topological polar surface area (TPSA) is 155 Å². The summed E-state index contributed by atoms with van der Waals surface area (Å²) in [5, 5.41) is 6.20. The van der Waals surface area contributed by atoms with E-state index in [0.29, 0.717) is 23.3 Å². The van der Waals surface area contributed by atoms with Gasteiger partial charge in [-0.3, -0.25) is 0 Å². The zero-order valence-electron chi connectivity index (χ0n) is 78.0. The minimum atomic E-state index is 0.584. The fraction of sp³-hybridized carbons (Fsp3) is 0. The molecule has 12 heteroatoms. The molecular weight excluding hydrogens is 1750 g/mol. The number of pyridine rings is 7. The molecule has 0 atom stereocenters. The van der Waals surface area contributed by atoms with E-state index in [2.05, 4.69) is 334 Å². The second kappa shape index (κ2) is 39.5. The molecule has 0 amide bonds. The molecule has 26 aromatic rings. The van der Waals surface area contributed by atoms with Crippen LogP contribution in [0.5, 0.6) is 0 Å². The summed E-state index contributed by atoms with van der Waals surface area (Å²) in [6.45, 7) is 0. The number of aromatic nitrogens is 12. The Morgan fingerprint density at radius 2 is 0.299 bits per heavy atom. The summed E-state index contributed by atoms with van der Waals surface area (Å²) in [4.78, 5) is 61.5. The summed E-state index contributed by atoms with van der Waals surface area (Å²) in [7, 11) is 0. The molecule has 0 N–H and O–H groups in total. The lowest BCUT2D eigenvalue weighted by Crippen LogP contribution is -2.01. The zero-order valence-corrected chi connectivity index (χ0v) is 78.0. The first kappa shape index (κ1) is 87.2. The summed E-state index contributed by atoms with van der Waals surface area (Å²) in [6.07, 6.45) is 0. The van der Waals surface area contributed by atoms with Crippen LogP contribution in [-0.2, 0) is 0 Å². The molecule has 0 aliphatic rings. The first-order valence-corrected chi connectivity index (χ1v) is 48.1. The number of rotatable bonds is 17. The van der Waals surface area contributed by atoms with Crippen LogP contribution in [0.1, 0.15) is 0 Å². The maximum absolute atomic E-state index is 5.26. The Labute approximate surface area is 832 Å². The molecule has 0 aliphatic carbocycles. The van der Waals surface area contributed by atoms with Crippen molar-refractivity contribution in [3.63, 3.8) is 0 Å². The molecule has 0 aliphatic heterocycles. The molecule has 0 saturated heterocycles. The third kappa shape index (κ3) is 18.3. The zero-order chi connectivity index (χ0) is 95.9. The van der Waals surface area contributed by atoms with Crippen molar-refractivity contribution < 1.29 is 0 Å². The van der Waals surface area contributed by atoms with E-state index in [1.165, 1.54) is 0 Å². The van der Waals surface area contributed by atoms with Crippen molar-refractivity contribution in [3.05, 3.63) is 522 Å². The van der Waals surface area contributed by atoms with Crippen LogP contribution >= 0.6 is 0 Å². The lowest BCUT2D eigenvalue weighted by atomic mass is 9.95. The van der Waals surface area contributed by atoms with Gasteiger partial charge in [-0.05, 0) is 88.0 Å². The molecule has 26 rings (SSSR count). The van der Waals surface area contributed by atoms with Crippen LogP contribution in [0.3, 0.4) is 0 Å². The average Bonchev–Trinajstić information content (AvgIpc) is 0.760. The molecule has 144 heavy (non-hydrogen) atoms. The van der Waals surface area contributed by atoms with Crippen molar-refractivity contribution in [2.24, 2.45) is 0 Å². The molecule has 0 fully saturated rings. The van der Waals surface area contributed by atoms with Crippen molar-refractivity contribution in [1.29, 1.82) is 0 Å². The van der Waals surface area contributed by atoms with E-state index in [4.69, 9.17) is 59.8 Å². The lowest BCUT2D eigenvalue weighted by molar-refractivity contribution is 1.08. The molecule has 9 aromatic heterocycles. The normalized spacial score (nSPS) is 11.2. The van der Waals surface area contributed by atoms with Gasteiger partial charge in [0, 0.05) is 110 Å². The molecule has 0 unspecified atom stereocenters. The van der Waals surface area contributed by atoms with Crippen LogP contribution < -0.4 is 0 Å². The molecule has 0 radical (unpaired) electrons. The van der Waals surface area contributed by atoms with Crippen molar-refractivity contribution in [2.75, 3.05) is 0 Å². The highest BCUT2D eigenvalue weighted by atomic mass is 15.0. The van der Waals surface area contributed by atoms with Crippen LogP contribution in [0.2, 0.25) is 0 Å². The van der Waals surface area contributed by atoms with Crippen molar-refractivity contribution >= 4 is 65.4 Å². The largest absolute Gasteiger partial charge is 0.248 e. The maximum atomic E-state index is 5.26. The fourth-order valence-electron chi connectivity index (χ4n) is 18.7. The van der Waals surface area contributed by atoms with Gasteiger partial charge in [-0.25, -0.2) is 59.8 Å². The predicted molar refractivity (Wildman–Crippen MR) is 590 cm³/mol. The number of benzene rings is 17. The quantitative estimate of drug-likeness (QED) is 0.0797. The van der Waals surface area contributed by atoms with E-state index in [-0.39, 0.29) is 0 Å². The van der Waals surface area contributed by atoms with Crippen LogP contribution in [0.15, 0.2) is 522 Å². The highest BCUT2D eigenvalue weighted by Crippen LogP contribution is 2.44. The van der Waals surface area contributed by atoms with Gasteiger partial charge in [0.1, 0.15) is 0 Å². The molecule has 0 bridgehead atoms. The second-order valence-electron chi connectivity index (χ2n) is 35.3. The number of hydrogen-bond donors (Lipinski definition) is 0. The third-order valence-electron chi connectivity index (χ3n) is 26.1. The Balaban J connectivity index is 0.000000117. The first-order chi connectivity index (χ1) is 71.3. The highest BCUT2D eigenvalue weighted by Gasteiger charge is 2.24. The Bertz CT molecular complexity index is 8610. The van der Waals surface area contributed by atoms with Gasteiger partial charge < -0.3 is 0 Å². The molecule has 17 aromatic carbocycles. The van der Waals surface area contributed by atoms with Crippen molar-refractivity contribution in [3.8, 4) is 192 Å². The SMILES string of the molecule is c1ccc(-c2cc(-c3ccc(-c4cc(-c5ccccc5)nc5c4ccc4ccc(-c6ccccc6)nc45)cc3)nc(-c3ccccc3)n2)cc1.c1ccc(-c2cc(-c3ccccc3)nc(-c3ccc(-c4cc(-c5ccccc5)nc5c4ccc4ccc(-c6ccccc6)nc45)cc3)c2)cc1.c1ccc(-c2ccc3ccc4c(-c5nc(-c6ccccc6)nc(-c6ccccc6)n5)cc(-c5ccccc5)nc4c3n2)cc1. The summed E-state index contributed by atoms with van der Waals surface area (Å²) in [6, 6.07) is 179. The van der Waals surface area contributed by atoms with Crippen LogP contribution in [0.25, 0.3) is 257 Å². The molecule has 0 saturated carbocycles. The van der Waals surface area contributed by atoms with Crippen molar-refractivity contribution in [2.45, 2.75) is 0 Å². The number of hydrogen-bond acceptors (Lipinski definition) is 12. The Morgan fingerprint density at radius 3 is 0.590 bits per heavy atom. The summed E-state index contributed by atoms with van der Waals surface area (Å²) < 4.78 is 0. The average molecular weight is 1840 g/mol. The van der Waals surface area contributed by atoms with E-state index < -0.39 is 0 Å². The highest BCUT2D eigenvalue weighted by molar-refractivity contribution is 6.13. The first-order valence-electron chi connectivity index (χ1n) is 48.1. The van der Waals surface area contributed by atoms with Gasteiger partial charge in [-0.15, -0.1) is 0 Å². The lowest BCUT2D eigenvalue weighted by Gasteiger charge is -2.14. The molecular formula is C132H86N12. The molecule has 12 nitrogen and oxygen atoms in total. The smallest absolute Gasteiger partial charge is 0.164 e. The van der Waals surface area contributed by atoms with E-state index in [1.54, 1.807) is 0 Å². The fourth-order valence-corrected chi connectivity index (χ4v) is 18.7. The van der Waals surface area contributed by atoms with Gasteiger partial charge in [0.2, 0.25) is 0 Å². The summed E-state index contributed by atoms with van der Waals surface area (Å²) >= 11 is 0. The Kier molecular flexibility index (Phi) is 23.9. The van der Waals surface area contributed by atoms with Gasteiger partial charge in [-0.1, -0.05) is 467 Å². The number of fused-ring (bicyclic) bond motifs is 9. The summed E-state index contributed by atoms with van der Waals surface area (Å²) in [5.74, 6) is 2.52. The maximum Gasteiger partial charge on any atom is 0.164 e. The van der Waals surface area contributed by atoms with Gasteiger partial charge in [-0.2, -0.15) is 0 Å². The van der Waals surface area contributed by atoms with E-state index in [0.717, 1.165) is 234 Å². The second-order valence-corrected chi connectivity index (χ2v) is 35.3. The molecule has 0 spiro atoms. The molecule has 674 valence electrons. The summed E-state index contributed by atoms with van der Waals surface area (Å²) in [5.41, 5.74) is 35.3. The third-order valence-corrected chi connectivity index (χ3v) is 26.1. The van der Waals surface area contributed by atoms with Crippen LogP contribution in [-0.4, -0.2) is 59.8 Å². The van der Waals surface area contributed by atoms with Crippen molar-refractivity contribution in [1.82, 2.24) is 59.8 Å². The number of nitrogens with zero attached hydrogens (tertiary/aromatic N) is 12. The Morgan fingerprint density at radius 1 is 0.0972 bits per heavy atom. The minimum absolute atomic E-state index is 0.584. The molecule has 9 heterocycles. The van der Waals surface area contributed by atoms with E-state index >= 15 is 0 Å².